The molecule has 2 rings (SSSR count). The average molecular weight is 325 g/mol. The van der Waals surface area contributed by atoms with Crippen LogP contribution in [0, 0.1) is 10.8 Å². The van der Waals surface area contributed by atoms with Crippen LogP contribution in [0.25, 0.3) is 0 Å². The van der Waals surface area contributed by atoms with E-state index in [-0.39, 0.29) is 11.1 Å². The van der Waals surface area contributed by atoms with Crippen LogP contribution in [0.5, 0.6) is 0 Å². The molecule has 1 atom stereocenters. The number of carboxylic acid groups (broad SMARTS) is 1. The molecule has 0 bridgehead atoms. The number of aromatic carboxylic acids is 1. The molecule has 0 spiro atoms. The summed E-state index contributed by atoms with van der Waals surface area (Å²) >= 11 is 0. The van der Waals surface area contributed by atoms with Crippen molar-refractivity contribution in [2.24, 2.45) is 0 Å². The van der Waals surface area contributed by atoms with Gasteiger partial charge in [0.15, 0.2) is 5.69 Å². The first-order valence-corrected chi connectivity index (χ1v) is 6.14. The first kappa shape index (κ1) is 16.3. The number of alkyl halides is 3. The third kappa shape index (κ3) is 3.42. The minimum atomic E-state index is -4.64. The lowest BCUT2D eigenvalue weighted by Crippen LogP contribution is -2.23. The molecule has 0 saturated carbocycles. The van der Waals surface area contributed by atoms with Crippen LogP contribution < -0.4 is 0 Å². The number of rotatable bonds is 4. The molecule has 0 aromatic carbocycles. The second kappa shape index (κ2) is 5.99. The zero-order valence-corrected chi connectivity index (χ0v) is 11.4. The van der Waals surface area contributed by atoms with Gasteiger partial charge in [0.2, 0.25) is 0 Å². The van der Waals surface area contributed by atoms with Gasteiger partial charge in [-0.15, -0.1) is 0 Å². The summed E-state index contributed by atoms with van der Waals surface area (Å²) in [5.74, 6) is -2.75. The Bertz CT molecular complexity index is 769. The molecule has 0 aliphatic carbocycles. The molecule has 0 radical (unpaired) electrons. The first-order chi connectivity index (χ1) is 10.7. The number of pyridine rings is 1. The van der Waals surface area contributed by atoms with Crippen molar-refractivity contribution in [2.45, 2.75) is 12.1 Å². The lowest BCUT2D eigenvalue weighted by Gasteiger charge is -2.14. The van der Waals surface area contributed by atoms with Gasteiger partial charge in [0.1, 0.15) is 5.84 Å². The van der Waals surface area contributed by atoms with E-state index in [9.17, 15) is 18.0 Å². The van der Waals surface area contributed by atoms with E-state index in [1.165, 1.54) is 12.3 Å². The fraction of sp³-hybridized carbons (Fsp3) is 0.154. The van der Waals surface area contributed by atoms with Crippen LogP contribution in [0.2, 0.25) is 0 Å². The number of hydrogen-bond donors (Lipinski definition) is 3. The van der Waals surface area contributed by atoms with E-state index in [2.05, 4.69) is 10.1 Å². The van der Waals surface area contributed by atoms with Gasteiger partial charge in [0, 0.05) is 24.8 Å². The normalized spacial score (nSPS) is 12.7. The topological polar surface area (TPSA) is 116 Å². The monoisotopic (exact) mass is 325 g/mol. The lowest BCUT2D eigenvalue weighted by molar-refractivity contribution is -0.141. The van der Waals surface area contributed by atoms with E-state index in [1.54, 1.807) is 0 Å². The van der Waals surface area contributed by atoms with E-state index in [4.69, 9.17) is 15.9 Å². The Morgan fingerprint density at radius 3 is 2.61 bits per heavy atom. The Hall–Kier alpha value is -3.04. The van der Waals surface area contributed by atoms with Crippen molar-refractivity contribution < 1.29 is 23.1 Å². The van der Waals surface area contributed by atoms with Crippen LogP contribution in [0.4, 0.5) is 13.2 Å². The molecule has 23 heavy (non-hydrogen) atoms. The number of nitrogens with one attached hydrogen (secondary N) is 2. The van der Waals surface area contributed by atoms with Gasteiger partial charge in [0.05, 0.1) is 11.5 Å². The van der Waals surface area contributed by atoms with Gasteiger partial charge < -0.3 is 10.5 Å². The van der Waals surface area contributed by atoms with Crippen LogP contribution in [0.1, 0.15) is 27.5 Å². The molecule has 0 aliphatic rings. The predicted octanol–water partition coefficient (Wildman–Crippen LogP) is 2.25. The van der Waals surface area contributed by atoms with Crippen LogP contribution in [-0.2, 0) is 6.18 Å². The van der Waals surface area contributed by atoms with Crippen molar-refractivity contribution in [2.75, 3.05) is 0 Å². The quantitative estimate of drug-likeness (QED) is 0.590. The summed E-state index contributed by atoms with van der Waals surface area (Å²) < 4.78 is 38.3. The molecule has 2 aromatic heterocycles. The van der Waals surface area contributed by atoms with E-state index < -0.39 is 29.6 Å². The van der Waals surface area contributed by atoms with Crippen molar-refractivity contribution in [1.82, 2.24) is 14.8 Å². The van der Waals surface area contributed by atoms with E-state index >= 15 is 0 Å². The molecule has 0 saturated heterocycles. The summed E-state index contributed by atoms with van der Waals surface area (Å²) in [5, 5.41) is 27.5. The highest BCUT2D eigenvalue weighted by molar-refractivity contribution is 6.01. The van der Waals surface area contributed by atoms with Crippen LogP contribution in [0.15, 0.2) is 30.7 Å². The highest BCUT2D eigenvalue weighted by atomic mass is 19.4. The largest absolute Gasteiger partial charge is 0.478 e. The maximum Gasteiger partial charge on any atom is 0.435 e. The Morgan fingerprint density at radius 1 is 1.39 bits per heavy atom. The summed E-state index contributed by atoms with van der Waals surface area (Å²) in [6.45, 7) is 0. The molecule has 2 aromatic rings. The molecule has 2 heterocycles. The van der Waals surface area contributed by atoms with Crippen molar-refractivity contribution in [3.05, 3.63) is 47.5 Å². The number of carbonyl (C=O) groups is 1. The fourth-order valence-electron chi connectivity index (χ4n) is 1.83. The Balaban J connectivity index is 2.36. The minimum absolute atomic E-state index is 0.154. The van der Waals surface area contributed by atoms with Crippen LogP contribution in [-0.4, -0.2) is 37.9 Å². The second-order valence-corrected chi connectivity index (χ2v) is 4.48. The minimum Gasteiger partial charge on any atom is -0.478 e. The fourth-order valence-corrected chi connectivity index (χ4v) is 1.83. The van der Waals surface area contributed by atoms with Gasteiger partial charge in [-0.2, -0.15) is 18.3 Å². The zero-order valence-electron chi connectivity index (χ0n) is 11.4. The number of aromatic nitrogens is 3. The van der Waals surface area contributed by atoms with Gasteiger partial charge >= 0.3 is 12.1 Å². The van der Waals surface area contributed by atoms with Gasteiger partial charge in [-0.05, 0) is 17.7 Å². The molecule has 3 N–H and O–H groups in total. The van der Waals surface area contributed by atoms with Gasteiger partial charge in [0.25, 0.3) is 0 Å². The van der Waals surface area contributed by atoms with Gasteiger partial charge in [-0.1, -0.05) is 0 Å². The number of hydrogen-bond acceptors (Lipinski definition) is 5. The summed E-state index contributed by atoms with van der Waals surface area (Å²) in [6, 6.07) is 1.91. The standard InChI is InChI=1S/C13H10F3N5O2/c14-13(15,16)10-1-2-21(20-10)11(18)9(4-17)7-3-8(12(22)23)6-19-5-7/h1-6,9,17-18H,(H,22,23). The SMILES string of the molecule is N=CC(C(=N)n1ccc(C(F)(F)F)n1)c1cncc(C(=O)O)c1. The first-order valence-electron chi connectivity index (χ1n) is 6.14. The summed E-state index contributed by atoms with van der Waals surface area (Å²) in [6.07, 6.45) is -0.552. The molecular weight excluding hydrogens is 315 g/mol. The van der Waals surface area contributed by atoms with Crippen molar-refractivity contribution in [3.8, 4) is 0 Å². The molecule has 7 nitrogen and oxygen atoms in total. The van der Waals surface area contributed by atoms with Crippen LogP contribution in [0.3, 0.4) is 0 Å². The Labute approximate surface area is 127 Å². The molecule has 120 valence electrons. The number of nitrogens with zero attached hydrogens (tertiary/aromatic N) is 3. The number of halogens is 3. The van der Waals surface area contributed by atoms with Crippen molar-refractivity contribution in [1.29, 1.82) is 10.8 Å². The van der Waals surface area contributed by atoms with E-state index in [0.29, 0.717) is 10.7 Å². The second-order valence-electron chi connectivity index (χ2n) is 4.48. The van der Waals surface area contributed by atoms with E-state index in [1.807, 2.05) is 0 Å². The zero-order chi connectivity index (χ0) is 17.2. The third-order valence-electron chi connectivity index (χ3n) is 2.95. The molecule has 1 unspecified atom stereocenters. The molecule has 0 amide bonds. The maximum atomic E-state index is 12.5. The van der Waals surface area contributed by atoms with Crippen LogP contribution >= 0.6 is 0 Å². The summed E-state index contributed by atoms with van der Waals surface area (Å²) in [5.41, 5.74) is -1.13. The average Bonchev–Trinajstić information content (AvgIpc) is 2.98. The summed E-state index contributed by atoms with van der Waals surface area (Å²) in [7, 11) is 0. The molecule has 0 aliphatic heterocycles. The Morgan fingerprint density at radius 2 is 2.09 bits per heavy atom. The highest BCUT2D eigenvalue weighted by Crippen LogP contribution is 2.27. The molecule has 0 fully saturated rings. The van der Waals surface area contributed by atoms with Gasteiger partial charge in [-0.25, -0.2) is 9.48 Å². The molecular formula is C13H10F3N5O2. The van der Waals surface area contributed by atoms with Crippen molar-refractivity contribution >= 4 is 18.0 Å². The summed E-state index contributed by atoms with van der Waals surface area (Å²) in [4.78, 5) is 14.6. The van der Waals surface area contributed by atoms with Gasteiger partial charge in [-0.3, -0.25) is 10.4 Å². The maximum absolute atomic E-state index is 12.5. The van der Waals surface area contributed by atoms with E-state index in [0.717, 1.165) is 18.6 Å². The lowest BCUT2D eigenvalue weighted by atomic mass is 9.99. The third-order valence-corrected chi connectivity index (χ3v) is 2.95. The Kier molecular flexibility index (Phi) is 4.25. The highest BCUT2D eigenvalue weighted by Gasteiger charge is 2.34. The predicted molar refractivity (Wildman–Crippen MR) is 73.1 cm³/mol. The smallest absolute Gasteiger partial charge is 0.435 e. The number of carboxylic acids is 1. The van der Waals surface area contributed by atoms with Crippen molar-refractivity contribution in [3.63, 3.8) is 0 Å². The molecule has 10 heteroatoms.